The zero-order valence-corrected chi connectivity index (χ0v) is 15.5. The zero-order chi connectivity index (χ0) is 18.2. The van der Waals surface area contributed by atoms with E-state index in [1.54, 1.807) is 17.0 Å². The number of benzene rings is 1. The van der Waals surface area contributed by atoms with Crippen molar-refractivity contribution < 1.29 is 17.6 Å². The number of carbonyl (C=O) groups is 1. The number of nitrogens with zero attached hydrogens (tertiary/aromatic N) is 2. The van der Waals surface area contributed by atoms with E-state index >= 15 is 0 Å². The van der Waals surface area contributed by atoms with E-state index in [1.807, 2.05) is 13.8 Å². The fourth-order valence-electron chi connectivity index (χ4n) is 2.44. The second-order valence-corrected chi connectivity index (χ2v) is 7.84. The van der Waals surface area contributed by atoms with Crippen LogP contribution in [0.25, 0.3) is 0 Å². The van der Waals surface area contributed by atoms with E-state index in [-0.39, 0.29) is 31.2 Å². The van der Waals surface area contributed by atoms with E-state index < -0.39 is 10.0 Å². The summed E-state index contributed by atoms with van der Waals surface area (Å²) < 4.78 is 38.1. The summed E-state index contributed by atoms with van der Waals surface area (Å²) in [6, 6.07) is 5.70. The zero-order valence-electron chi connectivity index (χ0n) is 14.7. The van der Waals surface area contributed by atoms with Crippen molar-refractivity contribution in [2.24, 2.45) is 0 Å². The van der Waals surface area contributed by atoms with Crippen LogP contribution in [0.3, 0.4) is 0 Å². The normalized spacial score (nSPS) is 11.7. The molecule has 7 heteroatoms. The van der Waals surface area contributed by atoms with Crippen molar-refractivity contribution in [3.8, 4) is 0 Å². The van der Waals surface area contributed by atoms with Crippen LogP contribution in [0.4, 0.5) is 4.39 Å². The Kier molecular flexibility index (Phi) is 8.35. The number of hydrogen-bond acceptors (Lipinski definition) is 3. The van der Waals surface area contributed by atoms with Gasteiger partial charge in [-0.05, 0) is 30.5 Å². The third kappa shape index (κ3) is 6.97. The average molecular weight is 358 g/mol. The molecule has 1 amide bonds. The number of rotatable bonds is 10. The molecule has 0 unspecified atom stereocenters. The summed E-state index contributed by atoms with van der Waals surface area (Å²) in [5.41, 5.74) is 0.688. The van der Waals surface area contributed by atoms with Crippen LogP contribution in [0.1, 0.15) is 38.7 Å². The maximum absolute atomic E-state index is 13.0. The standard InChI is InChI=1S/C17H27FN2O3S/c1-4-11-19(12-5-2)17(21)10-13-20(24(3,22)23)14-15-6-8-16(18)9-7-15/h6-9H,4-5,10-14H2,1-3H3. The van der Waals surface area contributed by atoms with Crippen molar-refractivity contribution in [2.75, 3.05) is 25.9 Å². The molecule has 0 aliphatic heterocycles. The highest BCUT2D eigenvalue weighted by Crippen LogP contribution is 2.11. The number of hydrogen-bond donors (Lipinski definition) is 0. The molecule has 0 fully saturated rings. The lowest BCUT2D eigenvalue weighted by atomic mass is 10.2. The molecule has 0 spiro atoms. The Morgan fingerprint density at radius 3 is 2.04 bits per heavy atom. The summed E-state index contributed by atoms with van der Waals surface area (Å²) in [7, 11) is -3.45. The molecule has 0 radical (unpaired) electrons. The number of amides is 1. The molecule has 0 saturated carbocycles. The molecule has 0 aliphatic carbocycles. The molecule has 136 valence electrons. The van der Waals surface area contributed by atoms with E-state index in [4.69, 9.17) is 0 Å². The molecular weight excluding hydrogens is 331 g/mol. The summed E-state index contributed by atoms with van der Waals surface area (Å²) in [6.07, 6.45) is 3.01. The van der Waals surface area contributed by atoms with Crippen LogP contribution in [-0.4, -0.2) is 49.4 Å². The number of halogens is 1. The van der Waals surface area contributed by atoms with Crippen LogP contribution in [0.2, 0.25) is 0 Å². The minimum atomic E-state index is -3.45. The van der Waals surface area contributed by atoms with Gasteiger partial charge in [0.2, 0.25) is 15.9 Å². The van der Waals surface area contributed by atoms with Gasteiger partial charge in [0.05, 0.1) is 6.26 Å². The van der Waals surface area contributed by atoms with Gasteiger partial charge in [-0.1, -0.05) is 26.0 Å². The second kappa shape index (κ2) is 9.74. The molecule has 0 atom stereocenters. The summed E-state index contributed by atoms with van der Waals surface area (Å²) >= 11 is 0. The quantitative estimate of drug-likeness (QED) is 0.646. The molecule has 0 N–H and O–H groups in total. The van der Waals surface area contributed by atoms with Crippen LogP contribution in [0.15, 0.2) is 24.3 Å². The smallest absolute Gasteiger partial charge is 0.223 e. The summed E-state index contributed by atoms with van der Waals surface area (Å²) in [5, 5.41) is 0. The van der Waals surface area contributed by atoms with Crippen LogP contribution in [-0.2, 0) is 21.4 Å². The molecule has 5 nitrogen and oxygen atoms in total. The summed E-state index contributed by atoms with van der Waals surface area (Å²) in [4.78, 5) is 14.1. The first-order valence-corrected chi connectivity index (χ1v) is 10.1. The van der Waals surface area contributed by atoms with Crippen molar-refractivity contribution in [1.82, 2.24) is 9.21 Å². The molecule has 1 aromatic rings. The largest absolute Gasteiger partial charge is 0.343 e. The van der Waals surface area contributed by atoms with Gasteiger partial charge in [0, 0.05) is 32.6 Å². The molecule has 0 aliphatic rings. The Morgan fingerprint density at radius 1 is 1.04 bits per heavy atom. The lowest BCUT2D eigenvalue weighted by Gasteiger charge is -2.24. The molecule has 1 rings (SSSR count). The van der Waals surface area contributed by atoms with E-state index in [9.17, 15) is 17.6 Å². The molecule has 0 bridgehead atoms. The number of carbonyl (C=O) groups excluding carboxylic acids is 1. The first kappa shape index (κ1) is 20.6. The maximum Gasteiger partial charge on any atom is 0.223 e. The fourth-order valence-corrected chi connectivity index (χ4v) is 3.24. The van der Waals surface area contributed by atoms with Gasteiger partial charge in [0.25, 0.3) is 0 Å². The Hall–Kier alpha value is -1.47. The highest BCUT2D eigenvalue weighted by molar-refractivity contribution is 7.88. The van der Waals surface area contributed by atoms with Gasteiger partial charge in [-0.2, -0.15) is 4.31 Å². The first-order valence-electron chi connectivity index (χ1n) is 8.25. The van der Waals surface area contributed by atoms with Crippen molar-refractivity contribution in [2.45, 2.75) is 39.7 Å². The van der Waals surface area contributed by atoms with Crippen molar-refractivity contribution in [3.05, 3.63) is 35.6 Å². The summed E-state index contributed by atoms with van der Waals surface area (Å²) in [6.45, 7) is 5.64. The van der Waals surface area contributed by atoms with Gasteiger partial charge < -0.3 is 4.90 Å². The number of sulfonamides is 1. The van der Waals surface area contributed by atoms with Gasteiger partial charge in [-0.25, -0.2) is 12.8 Å². The lowest BCUT2D eigenvalue weighted by Crippen LogP contribution is -2.37. The van der Waals surface area contributed by atoms with Gasteiger partial charge in [-0.3, -0.25) is 4.79 Å². The van der Waals surface area contributed by atoms with Crippen LogP contribution in [0.5, 0.6) is 0 Å². The van der Waals surface area contributed by atoms with Gasteiger partial charge >= 0.3 is 0 Å². The lowest BCUT2D eigenvalue weighted by molar-refractivity contribution is -0.131. The Labute approximate surface area is 144 Å². The van der Waals surface area contributed by atoms with E-state index in [0.29, 0.717) is 18.7 Å². The summed E-state index contributed by atoms with van der Waals surface area (Å²) in [5.74, 6) is -0.402. The van der Waals surface area contributed by atoms with Crippen LogP contribution < -0.4 is 0 Å². The van der Waals surface area contributed by atoms with E-state index in [1.165, 1.54) is 16.4 Å². The topological polar surface area (TPSA) is 57.7 Å². The molecule has 0 saturated heterocycles. The monoisotopic (exact) mass is 358 g/mol. The predicted molar refractivity (Wildman–Crippen MR) is 93.4 cm³/mol. The fraction of sp³-hybridized carbons (Fsp3) is 0.588. The molecule has 24 heavy (non-hydrogen) atoms. The first-order chi connectivity index (χ1) is 11.3. The highest BCUT2D eigenvalue weighted by Gasteiger charge is 2.20. The maximum atomic E-state index is 13.0. The Bertz CT molecular complexity index is 611. The molecular formula is C17H27FN2O3S. The minimum Gasteiger partial charge on any atom is -0.343 e. The van der Waals surface area contributed by atoms with Gasteiger partial charge in [0.15, 0.2) is 0 Å². The minimum absolute atomic E-state index is 0.0357. The van der Waals surface area contributed by atoms with Crippen molar-refractivity contribution in [3.63, 3.8) is 0 Å². The molecule has 1 aromatic carbocycles. The van der Waals surface area contributed by atoms with Crippen molar-refractivity contribution in [1.29, 1.82) is 0 Å². The van der Waals surface area contributed by atoms with Gasteiger partial charge in [0.1, 0.15) is 5.82 Å². The predicted octanol–water partition coefficient (Wildman–Crippen LogP) is 2.63. The third-order valence-corrected chi connectivity index (χ3v) is 4.91. The second-order valence-electron chi connectivity index (χ2n) is 5.85. The SMILES string of the molecule is CCCN(CCC)C(=O)CCN(Cc1ccc(F)cc1)S(C)(=O)=O. The Balaban J connectivity index is 2.73. The van der Waals surface area contributed by atoms with E-state index in [0.717, 1.165) is 19.1 Å². The average Bonchev–Trinajstić information content (AvgIpc) is 2.51. The third-order valence-electron chi connectivity index (χ3n) is 3.66. The highest BCUT2D eigenvalue weighted by atomic mass is 32.2. The van der Waals surface area contributed by atoms with Crippen molar-refractivity contribution >= 4 is 15.9 Å². The Morgan fingerprint density at radius 2 is 1.58 bits per heavy atom. The van der Waals surface area contributed by atoms with Crippen LogP contribution in [0, 0.1) is 5.82 Å². The van der Waals surface area contributed by atoms with Gasteiger partial charge in [-0.15, -0.1) is 0 Å². The molecule has 0 heterocycles. The molecule has 0 aromatic heterocycles. The van der Waals surface area contributed by atoms with Crippen LogP contribution >= 0.6 is 0 Å². The van der Waals surface area contributed by atoms with E-state index in [2.05, 4.69) is 0 Å².